The third-order valence-electron chi connectivity index (χ3n) is 2.73. The Kier molecular flexibility index (Phi) is 5.55. The van der Waals surface area contributed by atoms with Crippen molar-refractivity contribution in [1.82, 2.24) is 10.3 Å². The van der Waals surface area contributed by atoms with Gasteiger partial charge in [-0.2, -0.15) is 0 Å². The molecule has 0 aliphatic carbocycles. The first-order valence-corrected chi connectivity index (χ1v) is 7.20. The van der Waals surface area contributed by atoms with Crippen molar-refractivity contribution in [3.63, 3.8) is 0 Å². The molecule has 2 N–H and O–H groups in total. The first kappa shape index (κ1) is 14.5. The standard InChI is InChI=1S/C15H16BrN3O/c16-13-6-1-2-7-14(13)18-10-8-15(20)19-11-12-5-3-4-9-17-12/h1-7,9,18H,8,10-11H2,(H,19,20). The molecule has 2 aromatic rings. The maximum Gasteiger partial charge on any atom is 0.222 e. The largest absolute Gasteiger partial charge is 0.384 e. The van der Waals surface area contributed by atoms with E-state index in [0.717, 1.165) is 15.9 Å². The summed E-state index contributed by atoms with van der Waals surface area (Å²) in [5.41, 5.74) is 1.85. The molecule has 0 aliphatic heterocycles. The van der Waals surface area contributed by atoms with Gasteiger partial charge in [0, 0.05) is 29.3 Å². The zero-order chi connectivity index (χ0) is 14.2. The van der Waals surface area contributed by atoms with Gasteiger partial charge in [-0.25, -0.2) is 0 Å². The van der Waals surface area contributed by atoms with Gasteiger partial charge in [0.15, 0.2) is 0 Å². The molecule has 1 amide bonds. The van der Waals surface area contributed by atoms with Gasteiger partial charge in [-0.1, -0.05) is 18.2 Å². The average Bonchev–Trinajstić information content (AvgIpc) is 2.48. The molecule has 0 radical (unpaired) electrons. The topological polar surface area (TPSA) is 54.0 Å². The van der Waals surface area contributed by atoms with Crippen LogP contribution in [-0.4, -0.2) is 17.4 Å². The Morgan fingerprint density at radius 3 is 2.70 bits per heavy atom. The third kappa shape index (κ3) is 4.66. The first-order valence-electron chi connectivity index (χ1n) is 6.41. The van der Waals surface area contributed by atoms with Crippen LogP contribution in [0.15, 0.2) is 53.1 Å². The summed E-state index contributed by atoms with van der Waals surface area (Å²) in [6.45, 7) is 1.06. The van der Waals surface area contributed by atoms with Crippen molar-refractivity contribution in [1.29, 1.82) is 0 Å². The Balaban J connectivity index is 1.69. The molecular formula is C15H16BrN3O. The van der Waals surface area contributed by atoms with E-state index in [0.29, 0.717) is 19.5 Å². The molecular weight excluding hydrogens is 318 g/mol. The molecule has 20 heavy (non-hydrogen) atoms. The Morgan fingerprint density at radius 1 is 1.15 bits per heavy atom. The third-order valence-corrected chi connectivity index (χ3v) is 3.43. The Morgan fingerprint density at radius 2 is 1.95 bits per heavy atom. The highest BCUT2D eigenvalue weighted by Gasteiger charge is 2.02. The van der Waals surface area contributed by atoms with Crippen LogP contribution in [0, 0.1) is 0 Å². The fraction of sp³-hybridized carbons (Fsp3) is 0.200. The zero-order valence-corrected chi connectivity index (χ0v) is 12.6. The number of anilines is 1. The van der Waals surface area contributed by atoms with Crippen molar-refractivity contribution >= 4 is 27.5 Å². The van der Waals surface area contributed by atoms with Gasteiger partial charge in [-0.15, -0.1) is 0 Å². The second kappa shape index (κ2) is 7.65. The molecule has 0 saturated carbocycles. The molecule has 0 bridgehead atoms. The first-order chi connectivity index (χ1) is 9.75. The Hall–Kier alpha value is -1.88. The number of aromatic nitrogens is 1. The number of carbonyl (C=O) groups is 1. The summed E-state index contributed by atoms with van der Waals surface area (Å²) in [7, 11) is 0. The van der Waals surface area contributed by atoms with E-state index in [2.05, 4.69) is 31.5 Å². The molecule has 0 aliphatic rings. The number of pyridine rings is 1. The molecule has 2 rings (SSSR count). The van der Waals surface area contributed by atoms with Crippen molar-refractivity contribution in [2.24, 2.45) is 0 Å². The monoisotopic (exact) mass is 333 g/mol. The van der Waals surface area contributed by atoms with E-state index in [1.807, 2.05) is 42.5 Å². The highest BCUT2D eigenvalue weighted by molar-refractivity contribution is 9.10. The van der Waals surface area contributed by atoms with Gasteiger partial charge < -0.3 is 10.6 Å². The van der Waals surface area contributed by atoms with Gasteiger partial charge in [-0.05, 0) is 40.2 Å². The quantitative estimate of drug-likeness (QED) is 0.854. The Bertz CT molecular complexity index is 560. The summed E-state index contributed by atoms with van der Waals surface area (Å²) in [5.74, 6) is 0.00945. The number of para-hydroxylation sites is 1. The van der Waals surface area contributed by atoms with E-state index >= 15 is 0 Å². The summed E-state index contributed by atoms with van der Waals surface area (Å²) in [5, 5.41) is 6.07. The van der Waals surface area contributed by atoms with E-state index in [4.69, 9.17) is 0 Å². The van der Waals surface area contributed by atoms with E-state index in [1.54, 1.807) is 6.20 Å². The number of amides is 1. The van der Waals surface area contributed by atoms with Gasteiger partial charge in [0.05, 0.1) is 12.2 Å². The van der Waals surface area contributed by atoms with Crippen LogP contribution in [0.4, 0.5) is 5.69 Å². The van der Waals surface area contributed by atoms with Crippen LogP contribution in [-0.2, 0) is 11.3 Å². The molecule has 0 atom stereocenters. The van der Waals surface area contributed by atoms with Crippen molar-refractivity contribution < 1.29 is 4.79 Å². The van der Waals surface area contributed by atoms with Crippen LogP contribution in [0.25, 0.3) is 0 Å². The van der Waals surface area contributed by atoms with Crippen molar-refractivity contribution in [3.8, 4) is 0 Å². The number of nitrogens with zero attached hydrogens (tertiary/aromatic N) is 1. The minimum atomic E-state index is 0.00945. The molecule has 0 saturated heterocycles. The fourth-order valence-electron chi connectivity index (χ4n) is 1.70. The molecule has 1 aromatic carbocycles. The molecule has 1 aromatic heterocycles. The van der Waals surface area contributed by atoms with Gasteiger partial charge >= 0.3 is 0 Å². The lowest BCUT2D eigenvalue weighted by molar-refractivity contribution is -0.121. The second-order valence-corrected chi connectivity index (χ2v) is 5.11. The molecule has 0 unspecified atom stereocenters. The van der Waals surface area contributed by atoms with Crippen LogP contribution >= 0.6 is 15.9 Å². The highest BCUT2D eigenvalue weighted by atomic mass is 79.9. The van der Waals surface area contributed by atoms with Crippen LogP contribution in [0.5, 0.6) is 0 Å². The van der Waals surface area contributed by atoms with Gasteiger partial charge in [-0.3, -0.25) is 9.78 Å². The molecule has 1 heterocycles. The number of rotatable bonds is 6. The number of benzene rings is 1. The molecule has 0 fully saturated rings. The maximum atomic E-state index is 11.7. The van der Waals surface area contributed by atoms with Crippen LogP contribution < -0.4 is 10.6 Å². The van der Waals surface area contributed by atoms with Crippen molar-refractivity contribution in [3.05, 3.63) is 58.8 Å². The van der Waals surface area contributed by atoms with Crippen molar-refractivity contribution in [2.45, 2.75) is 13.0 Å². The summed E-state index contributed by atoms with van der Waals surface area (Å²) >= 11 is 3.45. The number of hydrogen-bond acceptors (Lipinski definition) is 3. The van der Waals surface area contributed by atoms with Gasteiger partial charge in [0.25, 0.3) is 0 Å². The lowest BCUT2D eigenvalue weighted by Gasteiger charge is -2.08. The lowest BCUT2D eigenvalue weighted by Crippen LogP contribution is -2.25. The summed E-state index contributed by atoms with van der Waals surface area (Å²) in [6.07, 6.45) is 2.14. The van der Waals surface area contributed by atoms with Gasteiger partial charge in [0.1, 0.15) is 0 Å². The predicted molar refractivity (Wildman–Crippen MR) is 83.3 cm³/mol. The van der Waals surface area contributed by atoms with Crippen LogP contribution in [0.1, 0.15) is 12.1 Å². The highest BCUT2D eigenvalue weighted by Crippen LogP contribution is 2.20. The minimum absolute atomic E-state index is 0.00945. The summed E-state index contributed by atoms with van der Waals surface area (Å²) in [4.78, 5) is 15.9. The maximum absolute atomic E-state index is 11.7. The van der Waals surface area contributed by atoms with Crippen LogP contribution in [0.3, 0.4) is 0 Å². The smallest absolute Gasteiger partial charge is 0.222 e. The number of halogens is 1. The SMILES string of the molecule is O=C(CCNc1ccccc1Br)NCc1ccccn1. The van der Waals surface area contributed by atoms with E-state index in [1.165, 1.54) is 0 Å². The number of nitrogens with one attached hydrogen (secondary N) is 2. The van der Waals surface area contributed by atoms with Crippen LogP contribution in [0.2, 0.25) is 0 Å². The fourth-order valence-corrected chi connectivity index (χ4v) is 2.12. The van der Waals surface area contributed by atoms with E-state index < -0.39 is 0 Å². The van der Waals surface area contributed by atoms with Gasteiger partial charge in [0.2, 0.25) is 5.91 Å². The Labute approximate surface area is 126 Å². The summed E-state index contributed by atoms with van der Waals surface area (Å²) in [6, 6.07) is 13.5. The molecule has 0 spiro atoms. The van der Waals surface area contributed by atoms with E-state index in [9.17, 15) is 4.79 Å². The molecule has 4 nitrogen and oxygen atoms in total. The second-order valence-electron chi connectivity index (χ2n) is 4.25. The zero-order valence-electron chi connectivity index (χ0n) is 11.0. The normalized spacial score (nSPS) is 10.1. The van der Waals surface area contributed by atoms with Crippen molar-refractivity contribution in [2.75, 3.05) is 11.9 Å². The lowest BCUT2D eigenvalue weighted by atomic mass is 10.3. The number of hydrogen-bond donors (Lipinski definition) is 2. The van der Waals surface area contributed by atoms with E-state index in [-0.39, 0.29) is 5.91 Å². The minimum Gasteiger partial charge on any atom is -0.384 e. The molecule has 5 heteroatoms. The number of carbonyl (C=O) groups excluding carboxylic acids is 1. The average molecular weight is 334 g/mol. The molecule has 104 valence electrons. The predicted octanol–water partition coefficient (Wildman–Crippen LogP) is 2.96. The summed E-state index contributed by atoms with van der Waals surface area (Å²) < 4.78 is 0.994.